The molecule has 0 radical (unpaired) electrons. The first kappa shape index (κ1) is 10.4. The summed E-state index contributed by atoms with van der Waals surface area (Å²) >= 11 is 0. The number of carbonyl (C=O) groups is 1. The van der Waals surface area contributed by atoms with Crippen LogP contribution in [0.3, 0.4) is 0 Å². The maximum Gasteiger partial charge on any atom is 0.164 e. The van der Waals surface area contributed by atoms with Crippen LogP contribution in [0.15, 0.2) is 18.2 Å². The quantitative estimate of drug-likeness (QED) is 0.766. The largest absolute Gasteiger partial charge is 0.325 e. The van der Waals surface area contributed by atoms with E-state index in [1.165, 1.54) is 0 Å². The van der Waals surface area contributed by atoms with Gasteiger partial charge in [-0.1, -0.05) is 17.7 Å². The van der Waals surface area contributed by atoms with Crippen molar-refractivity contribution in [3.63, 3.8) is 0 Å². The van der Waals surface area contributed by atoms with Gasteiger partial charge in [-0.2, -0.15) is 0 Å². The van der Waals surface area contributed by atoms with E-state index >= 15 is 0 Å². The van der Waals surface area contributed by atoms with Crippen molar-refractivity contribution in [2.45, 2.75) is 38.6 Å². The van der Waals surface area contributed by atoms with Gasteiger partial charge in [0.1, 0.15) is 0 Å². The molecule has 1 saturated carbocycles. The Morgan fingerprint density at radius 1 is 1.40 bits per heavy atom. The molecule has 0 bridgehead atoms. The van der Waals surface area contributed by atoms with Crippen LogP contribution < -0.4 is 5.73 Å². The van der Waals surface area contributed by atoms with Crippen molar-refractivity contribution in [1.82, 2.24) is 0 Å². The fourth-order valence-corrected chi connectivity index (χ4v) is 1.79. The average molecular weight is 203 g/mol. The van der Waals surface area contributed by atoms with E-state index < -0.39 is 0 Å². The molecule has 0 atom stereocenters. The van der Waals surface area contributed by atoms with E-state index in [1.54, 1.807) is 0 Å². The lowest BCUT2D eigenvalue weighted by atomic mass is 9.97. The molecule has 2 N–H and O–H groups in total. The predicted molar refractivity (Wildman–Crippen MR) is 61.0 cm³/mol. The molecule has 0 amide bonds. The highest BCUT2D eigenvalue weighted by Gasteiger charge is 2.40. The molecular weight excluding hydrogens is 186 g/mol. The summed E-state index contributed by atoms with van der Waals surface area (Å²) in [6.45, 7) is 3.98. The minimum atomic E-state index is -0.187. The molecular formula is C13H17NO. The maximum atomic E-state index is 12.0. The number of carbonyl (C=O) groups excluding carboxylic acids is 1. The van der Waals surface area contributed by atoms with Gasteiger partial charge in [-0.05, 0) is 38.3 Å². The highest BCUT2D eigenvalue weighted by atomic mass is 16.1. The van der Waals surface area contributed by atoms with Crippen LogP contribution in [0.25, 0.3) is 0 Å². The second-order valence-electron chi connectivity index (χ2n) is 4.78. The summed E-state index contributed by atoms with van der Waals surface area (Å²) < 4.78 is 0. The molecule has 80 valence electrons. The minimum absolute atomic E-state index is 0.187. The molecule has 2 rings (SSSR count). The number of ketones is 1. The molecule has 0 aromatic heterocycles. The fraction of sp³-hybridized carbons (Fsp3) is 0.462. The van der Waals surface area contributed by atoms with E-state index in [0.29, 0.717) is 6.42 Å². The highest BCUT2D eigenvalue weighted by Crippen LogP contribution is 2.36. The Morgan fingerprint density at radius 2 is 2.07 bits per heavy atom. The summed E-state index contributed by atoms with van der Waals surface area (Å²) in [4.78, 5) is 12.0. The van der Waals surface area contributed by atoms with Crippen LogP contribution in [0.4, 0.5) is 0 Å². The van der Waals surface area contributed by atoms with Gasteiger partial charge in [0.25, 0.3) is 0 Å². The molecule has 2 nitrogen and oxygen atoms in total. The van der Waals surface area contributed by atoms with E-state index in [9.17, 15) is 4.79 Å². The Labute approximate surface area is 90.5 Å². The van der Waals surface area contributed by atoms with Gasteiger partial charge in [-0.3, -0.25) is 4.79 Å². The number of rotatable bonds is 3. The monoisotopic (exact) mass is 203 g/mol. The lowest BCUT2D eigenvalue weighted by Crippen LogP contribution is -2.25. The first-order chi connectivity index (χ1) is 7.00. The average Bonchev–Trinajstić information content (AvgIpc) is 2.87. The standard InChI is InChI=1S/C13H17NO/c1-9-3-4-10(2)11(7-9)12(15)8-13(14)5-6-13/h3-4,7H,5-6,8,14H2,1-2H3. The van der Waals surface area contributed by atoms with Crippen LogP contribution in [0.5, 0.6) is 0 Å². The zero-order valence-electron chi connectivity index (χ0n) is 9.34. The zero-order chi connectivity index (χ0) is 11.1. The van der Waals surface area contributed by atoms with Crippen LogP contribution in [0.1, 0.15) is 40.7 Å². The molecule has 15 heavy (non-hydrogen) atoms. The summed E-state index contributed by atoms with van der Waals surface area (Å²) in [5, 5.41) is 0. The summed E-state index contributed by atoms with van der Waals surface area (Å²) in [5.41, 5.74) is 8.79. The van der Waals surface area contributed by atoms with Crippen molar-refractivity contribution in [1.29, 1.82) is 0 Å². The summed E-state index contributed by atoms with van der Waals surface area (Å²) in [7, 11) is 0. The first-order valence-electron chi connectivity index (χ1n) is 5.40. The molecule has 0 aliphatic heterocycles. The number of aryl methyl sites for hydroxylation is 2. The molecule has 1 aromatic carbocycles. The third-order valence-electron chi connectivity index (χ3n) is 3.10. The second-order valence-corrected chi connectivity index (χ2v) is 4.78. The molecule has 0 heterocycles. The second kappa shape index (κ2) is 3.46. The van der Waals surface area contributed by atoms with Gasteiger partial charge >= 0.3 is 0 Å². The van der Waals surface area contributed by atoms with Crippen molar-refractivity contribution in [2.24, 2.45) is 5.73 Å². The summed E-state index contributed by atoms with van der Waals surface area (Å²) in [5.74, 6) is 0.191. The Kier molecular flexibility index (Phi) is 2.39. The van der Waals surface area contributed by atoms with Crippen molar-refractivity contribution < 1.29 is 4.79 Å². The Morgan fingerprint density at radius 3 is 2.67 bits per heavy atom. The lowest BCUT2D eigenvalue weighted by Gasteiger charge is -2.10. The van der Waals surface area contributed by atoms with Gasteiger partial charge in [-0.25, -0.2) is 0 Å². The smallest absolute Gasteiger partial charge is 0.164 e. The van der Waals surface area contributed by atoms with Gasteiger partial charge in [0, 0.05) is 17.5 Å². The zero-order valence-corrected chi connectivity index (χ0v) is 9.34. The third kappa shape index (κ3) is 2.26. The third-order valence-corrected chi connectivity index (χ3v) is 3.10. The van der Waals surface area contributed by atoms with E-state index in [0.717, 1.165) is 29.5 Å². The number of Topliss-reactive ketones (excluding diaryl/α,β-unsaturated/α-hetero) is 1. The van der Waals surface area contributed by atoms with Crippen molar-refractivity contribution in [3.8, 4) is 0 Å². The topological polar surface area (TPSA) is 43.1 Å². The molecule has 0 saturated heterocycles. The molecule has 1 aliphatic carbocycles. The lowest BCUT2D eigenvalue weighted by molar-refractivity contribution is 0.0970. The highest BCUT2D eigenvalue weighted by molar-refractivity contribution is 5.98. The predicted octanol–water partition coefficient (Wildman–Crippen LogP) is 2.37. The summed E-state index contributed by atoms with van der Waals surface area (Å²) in [6.07, 6.45) is 2.48. The molecule has 1 fully saturated rings. The van der Waals surface area contributed by atoms with Crippen LogP contribution in [-0.4, -0.2) is 11.3 Å². The SMILES string of the molecule is Cc1ccc(C)c(C(=O)CC2(N)CC2)c1. The first-order valence-corrected chi connectivity index (χ1v) is 5.40. The van der Waals surface area contributed by atoms with E-state index in [4.69, 9.17) is 5.73 Å². The van der Waals surface area contributed by atoms with Crippen molar-refractivity contribution >= 4 is 5.78 Å². The van der Waals surface area contributed by atoms with E-state index in [2.05, 4.69) is 0 Å². The Hall–Kier alpha value is -1.15. The fourth-order valence-electron chi connectivity index (χ4n) is 1.79. The Balaban J connectivity index is 2.21. The van der Waals surface area contributed by atoms with Crippen molar-refractivity contribution in [2.75, 3.05) is 0 Å². The van der Waals surface area contributed by atoms with Gasteiger partial charge in [-0.15, -0.1) is 0 Å². The molecule has 1 aromatic rings. The Bertz CT molecular complexity index is 405. The molecule has 0 unspecified atom stereocenters. The number of nitrogens with two attached hydrogens (primary N) is 1. The van der Waals surface area contributed by atoms with Crippen molar-refractivity contribution in [3.05, 3.63) is 34.9 Å². The number of benzene rings is 1. The van der Waals surface area contributed by atoms with Gasteiger partial charge in [0.05, 0.1) is 0 Å². The number of hydrogen-bond donors (Lipinski definition) is 1. The van der Waals surface area contributed by atoms with E-state index in [-0.39, 0.29) is 11.3 Å². The minimum Gasteiger partial charge on any atom is -0.325 e. The van der Waals surface area contributed by atoms with Crippen LogP contribution in [0.2, 0.25) is 0 Å². The summed E-state index contributed by atoms with van der Waals surface area (Å²) in [6, 6.07) is 5.99. The van der Waals surface area contributed by atoms with E-state index in [1.807, 2.05) is 32.0 Å². The van der Waals surface area contributed by atoms with Crippen LogP contribution >= 0.6 is 0 Å². The van der Waals surface area contributed by atoms with Crippen LogP contribution in [0, 0.1) is 13.8 Å². The van der Waals surface area contributed by atoms with Gasteiger partial charge < -0.3 is 5.73 Å². The number of hydrogen-bond acceptors (Lipinski definition) is 2. The van der Waals surface area contributed by atoms with Gasteiger partial charge in [0.15, 0.2) is 5.78 Å². The normalized spacial score (nSPS) is 17.5. The molecule has 2 heteroatoms. The van der Waals surface area contributed by atoms with Crippen LogP contribution in [-0.2, 0) is 0 Å². The molecule has 0 spiro atoms. The molecule has 1 aliphatic rings. The maximum absolute atomic E-state index is 12.0. The van der Waals surface area contributed by atoms with Gasteiger partial charge in [0.2, 0.25) is 0 Å².